The second kappa shape index (κ2) is 7.47. The lowest BCUT2D eigenvalue weighted by atomic mass is 10.0. The molecule has 3 rings (SSSR count). The molecule has 1 aromatic carbocycles. The van der Waals surface area contributed by atoms with Crippen LogP contribution in [0.15, 0.2) is 28.7 Å². The van der Waals surface area contributed by atoms with Crippen molar-refractivity contribution in [3.05, 3.63) is 47.0 Å². The summed E-state index contributed by atoms with van der Waals surface area (Å²) in [6.07, 6.45) is 0. The van der Waals surface area contributed by atoms with E-state index in [0.29, 0.717) is 24.0 Å². The minimum absolute atomic E-state index is 0.187. The molecule has 1 aliphatic heterocycles. The van der Waals surface area contributed by atoms with Gasteiger partial charge in [0.1, 0.15) is 6.07 Å². The summed E-state index contributed by atoms with van der Waals surface area (Å²) >= 11 is 0. The number of nitrogens with one attached hydrogen (secondary N) is 1. The van der Waals surface area contributed by atoms with E-state index in [1.54, 1.807) is 6.92 Å². The van der Waals surface area contributed by atoms with Gasteiger partial charge in [-0.1, -0.05) is 29.8 Å². The SMILES string of the molecule is Cc1ccc([C@@H](CNc2oc(C)nc2C#N)N2CCOCC2)cc1. The van der Waals surface area contributed by atoms with Crippen molar-refractivity contribution in [1.29, 1.82) is 5.26 Å². The van der Waals surface area contributed by atoms with Gasteiger partial charge >= 0.3 is 0 Å². The second-order valence-electron chi connectivity index (χ2n) is 5.98. The van der Waals surface area contributed by atoms with Crippen molar-refractivity contribution in [2.45, 2.75) is 19.9 Å². The predicted molar refractivity (Wildman–Crippen MR) is 90.8 cm³/mol. The molecule has 6 nitrogen and oxygen atoms in total. The summed E-state index contributed by atoms with van der Waals surface area (Å²) in [6.45, 7) is 7.74. The van der Waals surface area contributed by atoms with Gasteiger partial charge in [0.25, 0.3) is 0 Å². The van der Waals surface area contributed by atoms with Crippen molar-refractivity contribution in [1.82, 2.24) is 9.88 Å². The number of hydrogen-bond donors (Lipinski definition) is 1. The lowest BCUT2D eigenvalue weighted by molar-refractivity contribution is 0.0186. The molecule has 0 unspecified atom stereocenters. The smallest absolute Gasteiger partial charge is 0.232 e. The first-order chi connectivity index (χ1) is 11.7. The normalized spacial score (nSPS) is 16.5. The van der Waals surface area contributed by atoms with E-state index >= 15 is 0 Å². The first-order valence-corrected chi connectivity index (χ1v) is 8.17. The molecule has 1 aliphatic rings. The maximum atomic E-state index is 9.15. The minimum Gasteiger partial charge on any atom is -0.424 e. The molecule has 1 fully saturated rings. The third-order valence-corrected chi connectivity index (χ3v) is 4.24. The molecule has 0 radical (unpaired) electrons. The minimum atomic E-state index is 0.187. The third-order valence-electron chi connectivity index (χ3n) is 4.24. The number of rotatable bonds is 5. The van der Waals surface area contributed by atoms with E-state index in [4.69, 9.17) is 14.4 Å². The van der Waals surface area contributed by atoms with Gasteiger partial charge in [-0.25, -0.2) is 4.98 Å². The summed E-state index contributed by atoms with van der Waals surface area (Å²) in [6, 6.07) is 10.8. The molecule has 1 atom stereocenters. The summed E-state index contributed by atoms with van der Waals surface area (Å²) in [5.41, 5.74) is 2.78. The molecule has 0 aliphatic carbocycles. The fourth-order valence-electron chi connectivity index (χ4n) is 2.95. The van der Waals surface area contributed by atoms with Crippen LogP contribution in [0.4, 0.5) is 5.88 Å². The molecule has 2 heterocycles. The maximum absolute atomic E-state index is 9.15. The molecular weight excluding hydrogens is 304 g/mol. The molecule has 0 saturated carbocycles. The van der Waals surface area contributed by atoms with E-state index in [9.17, 15) is 0 Å². The van der Waals surface area contributed by atoms with Gasteiger partial charge in [-0.05, 0) is 12.5 Å². The lowest BCUT2D eigenvalue weighted by Crippen LogP contribution is -2.41. The number of nitriles is 1. The van der Waals surface area contributed by atoms with Crippen molar-refractivity contribution < 1.29 is 9.15 Å². The molecule has 6 heteroatoms. The third kappa shape index (κ3) is 3.75. The maximum Gasteiger partial charge on any atom is 0.232 e. The van der Waals surface area contributed by atoms with Crippen LogP contribution in [0.1, 0.15) is 28.8 Å². The van der Waals surface area contributed by atoms with E-state index < -0.39 is 0 Å². The Morgan fingerprint density at radius 3 is 2.62 bits per heavy atom. The van der Waals surface area contributed by atoms with E-state index in [-0.39, 0.29) is 6.04 Å². The Kier molecular flexibility index (Phi) is 5.14. The standard InChI is InChI=1S/C18H22N4O2/c1-13-3-5-15(6-4-13)17(22-7-9-23-10-8-22)12-20-18-16(11-19)21-14(2)24-18/h3-6,17,20H,7-10,12H2,1-2H3/t17-/m1/s1. The van der Waals surface area contributed by atoms with Gasteiger partial charge in [0, 0.05) is 26.6 Å². The van der Waals surface area contributed by atoms with Gasteiger partial charge in [0.05, 0.1) is 19.3 Å². The average Bonchev–Trinajstić information content (AvgIpc) is 2.97. The number of oxazole rings is 1. The van der Waals surface area contributed by atoms with Crippen molar-refractivity contribution in [2.75, 3.05) is 38.2 Å². The highest BCUT2D eigenvalue weighted by molar-refractivity contribution is 5.45. The van der Waals surface area contributed by atoms with Crippen molar-refractivity contribution in [2.24, 2.45) is 0 Å². The zero-order chi connectivity index (χ0) is 16.9. The molecule has 0 spiro atoms. The molecule has 1 N–H and O–H groups in total. The van der Waals surface area contributed by atoms with Crippen LogP contribution in [0.3, 0.4) is 0 Å². The van der Waals surface area contributed by atoms with Crippen LogP contribution in [-0.2, 0) is 4.74 Å². The Balaban J connectivity index is 1.79. The van der Waals surface area contributed by atoms with Crippen LogP contribution in [0, 0.1) is 25.2 Å². The number of morpholine rings is 1. The van der Waals surface area contributed by atoms with Gasteiger partial charge in [-0.15, -0.1) is 0 Å². The van der Waals surface area contributed by atoms with Crippen molar-refractivity contribution in [3.8, 4) is 6.07 Å². The summed E-state index contributed by atoms with van der Waals surface area (Å²) in [4.78, 5) is 6.48. The summed E-state index contributed by atoms with van der Waals surface area (Å²) in [7, 11) is 0. The Bertz CT molecular complexity index is 712. The molecule has 0 amide bonds. The van der Waals surface area contributed by atoms with Crippen LogP contribution in [-0.4, -0.2) is 42.7 Å². The molecule has 1 aromatic heterocycles. The quantitative estimate of drug-likeness (QED) is 0.910. The van der Waals surface area contributed by atoms with Crippen molar-refractivity contribution >= 4 is 5.88 Å². The highest BCUT2D eigenvalue weighted by atomic mass is 16.5. The number of nitrogens with zero attached hydrogens (tertiary/aromatic N) is 3. The molecule has 126 valence electrons. The zero-order valence-electron chi connectivity index (χ0n) is 14.1. The summed E-state index contributed by atoms with van der Waals surface area (Å²) in [5, 5.41) is 12.4. The zero-order valence-corrected chi connectivity index (χ0v) is 14.1. The summed E-state index contributed by atoms with van der Waals surface area (Å²) < 4.78 is 11.0. The topological polar surface area (TPSA) is 74.3 Å². The lowest BCUT2D eigenvalue weighted by Gasteiger charge is -2.35. The Hall–Kier alpha value is -2.36. The summed E-state index contributed by atoms with van der Waals surface area (Å²) in [5.74, 6) is 0.938. The van der Waals surface area contributed by atoms with Gasteiger partial charge in [-0.3, -0.25) is 4.90 Å². The van der Waals surface area contributed by atoms with E-state index in [2.05, 4.69) is 52.5 Å². The Labute approximate surface area is 142 Å². The van der Waals surface area contributed by atoms with Gasteiger partial charge < -0.3 is 14.5 Å². The highest BCUT2D eigenvalue weighted by Gasteiger charge is 2.23. The average molecular weight is 326 g/mol. The number of hydrogen-bond acceptors (Lipinski definition) is 6. The van der Waals surface area contributed by atoms with Crippen LogP contribution in [0.2, 0.25) is 0 Å². The van der Waals surface area contributed by atoms with Gasteiger partial charge in [-0.2, -0.15) is 5.26 Å². The first kappa shape index (κ1) is 16.5. The van der Waals surface area contributed by atoms with Crippen LogP contribution >= 0.6 is 0 Å². The highest BCUT2D eigenvalue weighted by Crippen LogP contribution is 2.24. The van der Waals surface area contributed by atoms with E-state index in [0.717, 1.165) is 26.3 Å². The number of anilines is 1. The van der Waals surface area contributed by atoms with Gasteiger partial charge in [0.2, 0.25) is 11.6 Å². The number of aromatic nitrogens is 1. The largest absolute Gasteiger partial charge is 0.424 e. The first-order valence-electron chi connectivity index (χ1n) is 8.17. The fourth-order valence-corrected chi connectivity index (χ4v) is 2.95. The Morgan fingerprint density at radius 1 is 1.25 bits per heavy atom. The molecule has 0 bridgehead atoms. The molecule has 24 heavy (non-hydrogen) atoms. The second-order valence-corrected chi connectivity index (χ2v) is 5.98. The fraction of sp³-hybridized carbons (Fsp3) is 0.444. The monoisotopic (exact) mass is 326 g/mol. The van der Waals surface area contributed by atoms with E-state index in [1.165, 1.54) is 11.1 Å². The predicted octanol–water partition coefficient (Wildman–Crippen LogP) is 2.65. The van der Waals surface area contributed by atoms with Crippen LogP contribution in [0.25, 0.3) is 0 Å². The molecule has 1 saturated heterocycles. The molecular formula is C18H22N4O2. The Morgan fingerprint density at radius 2 is 1.96 bits per heavy atom. The van der Waals surface area contributed by atoms with E-state index in [1.807, 2.05) is 0 Å². The van der Waals surface area contributed by atoms with Crippen LogP contribution in [0.5, 0.6) is 0 Å². The number of ether oxygens (including phenoxy) is 1. The van der Waals surface area contributed by atoms with Crippen LogP contribution < -0.4 is 5.32 Å². The van der Waals surface area contributed by atoms with Gasteiger partial charge in [0.15, 0.2) is 5.89 Å². The number of aryl methyl sites for hydroxylation is 2. The molecule has 2 aromatic rings. The number of benzene rings is 1. The van der Waals surface area contributed by atoms with Crippen molar-refractivity contribution in [3.63, 3.8) is 0 Å².